The van der Waals surface area contributed by atoms with Crippen molar-refractivity contribution in [1.29, 1.82) is 0 Å². The van der Waals surface area contributed by atoms with E-state index in [9.17, 15) is 9.18 Å². The summed E-state index contributed by atoms with van der Waals surface area (Å²) in [6.07, 6.45) is 5.72. The van der Waals surface area contributed by atoms with Gasteiger partial charge in [-0.1, -0.05) is 12.1 Å². The highest BCUT2D eigenvalue weighted by Gasteiger charge is 2.23. The van der Waals surface area contributed by atoms with Crippen molar-refractivity contribution in [2.45, 2.75) is 25.3 Å². The van der Waals surface area contributed by atoms with Crippen molar-refractivity contribution >= 4 is 23.2 Å². The number of aryl methyl sites for hydroxylation is 1. The first kappa shape index (κ1) is 20.7. The van der Waals surface area contributed by atoms with Gasteiger partial charge >= 0.3 is 0 Å². The van der Waals surface area contributed by atoms with Crippen LogP contribution in [0.15, 0.2) is 36.7 Å². The Balaban J connectivity index is 1.61. The summed E-state index contributed by atoms with van der Waals surface area (Å²) in [5, 5.41) is 7.14. The number of nitrogens with zero attached hydrogens (tertiary/aromatic N) is 5. The summed E-state index contributed by atoms with van der Waals surface area (Å²) in [6.45, 7) is 1.59. The van der Waals surface area contributed by atoms with Crippen molar-refractivity contribution in [3.63, 3.8) is 0 Å². The number of benzene rings is 1. The maximum Gasteiger partial charge on any atom is 0.278 e. The number of rotatable bonds is 4. The van der Waals surface area contributed by atoms with Gasteiger partial charge in [-0.2, -0.15) is 5.10 Å². The minimum absolute atomic E-state index is 0.0382. The molecule has 1 saturated heterocycles. The first-order chi connectivity index (χ1) is 14.9. The molecule has 5 N–H and O–H groups in total. The Morgan fingerprint density at radius 3 is 2.84 bits per heavy atom. The van der Waals surface area contributed by atoms with Crippen LogP contribution in [0.2, 0.25) is 0 Å². The first-order valence-electron chi connectivity index (χ1n) is 10.2. The van der Waals surface area contributed by atoms with Gasteiger partial charge in [-0.15, -0.1) is 0 Å². The van der Waals surface area contributed by atoms with Crippen molar-refractivity contribution in [2.75, 3.05) is 29.0 Å². The third-order valence-corrected chi connectivity index (χ3v) is 5.39. The molecule has 4 rings (SSSR count). The minimum Gasteiger partial charge on any atom is -0.382 e. The molecule has 1 fully saturated rings. The van der Waals surface area contributed by atoms with Gasteiger partial charge in [0.2, 0.25) is 0 Å². The predicted octanol–water partition coefficient (Wildman–Crippen LogP) is 2.17. The molecule has 1 unspecified atom stereocenters. The number of carbonyl (C=O) groups is 1. The molecular formula is C21H25FN8O. The van der Waals surface area contributed by atoms with Gasteiger partial charge in [-0.05, 0) is 31.4 Å². The van der Waals surface area contributed by atoms with Gasteiger partial charge in [0.05, 0.1) is 18.1 Å². The Hall–Kier alpha value is -3.53. The molecule has 0 radical (unpaired) electrons. The van der Waals surface area contributed by atoms with Crippen LogP contribution in [0.5, 0.6) is 0 Å². The Morgan fingerprint density at radius 1 is 1.23 bits per heavy atom. The fourth-order valence-corrected chi connectivity index (χ4v) is 3.77. The number of nitrogens with one attached hydrogen (secondary N) is 1. The maximum atomic E-state index is 14.2. The van der Waals surface area contributed by atoms with Crippen LogP contribution in [0.3, 0.4) is 0 Å². The molecule has 1 aliphatic rings. The summed E-state index contributed by atoms with van der Waals surface area (Å²) >= 11 is 0. The zero-order valence-corrected chi connectivity index (χ0v) is 17.3. The Bertz CT molecular complexity index is 1100. The lowest BCUT2D eigenvalue weighted by Crippen LogP contribution is -2.29. The van der Waals surface area contributed by atoms with E-state index in [4.69, 9.17) is 11.5 Å². The normalized spacial score (nSPS) is 16.7. The van der Waals surface area contributed by atoms with Gasteiger partial charge in [0.15, 0.2) is 17.3 Å². The van der Waals surface area contributed by atoms with Crippen LogP contribution in [0.25, 0.3) is 11.3 Å². The Kier molecular flexibility index (Phi) is 5.81. The average Bonchev–Trinajstić information content (AvgIpc) is 2.97. The Labute approximate surface area is 179 Å². The summed E-state index contributed by atoms with van der Waals surface area (Å²) in [5.74, 6) is -0.242. The summed E-state index contributed by atoms with van der Waals surface area (Å²) < 4.78 is 15.9. The number of aromatic nitrogens is 4. The average molecular weight is 424 g/mol. The van der Waals surface area contributed by atoms with E-state index in [0.29, 0.717) is 5.69 Å². The van der Waals surface area contributed by atoms with E-state index < -0.39 is 11.7 Å². The first-order valence-corrected chi connectivity index (χ1v) is 10.2. The van der Waals surface area contributed by atoms with E-state index >= 15 is 0 Å². The highest BCUT2D eigenvalue weighted by molar-refractivity contribution is 6.07. The third-order valence-electron chi connectivity index (χ3n) is 5.39. The smallest absolute Gasteiger partial charge is 0.278 e. The number of halogens is 1. The van der Waals surface area contributed by atoms with E-state index in [1.54, 1.807) is 29.1 Å². The molecule has 0 aliphatic carbocycles. The maximum absolute atomic E-state index is 14.2. The standard InChI is InChI=1S/C21H25FN8O/c1-29-21(30-9-4-5-13(23)8-10-30)17(12-26-29)28-20(31)18-19(24)25-11-16(27-18)14-6-2-3-7-15(14)22/h2-3,6-7,11-13H,4-5,8-10,23H2,1H3,(H2,24,25)(H,28,31). The molecule has 31 heavy (non-hydrogen) atoms. The summed E-state index contributed by atoms with van der Waals surface area (Å²) in [7, 11) is 1.82. The number of hydrogen-bond acceptors (Lipinski definition) is 7. The molecule has 3 heterocycles. The van der Waals surface area contributed by atoms with Crippen LogP contribution >= 0.6 is 0 Å². The van der Waals surface area contributed by atoms with Gasteiger partial charge in [-0.3, -0.25) is 9.48 Å². The molecule has 1 amide bonds. The van der Waals surface area contributed by atoms with Crippen LogP contribution in [-0.4, -0.2) is 44.8 Å². The molecule has 9 nitrogen and oxygen atoms in total. The van der Waals surface area contributed by atoms with Gasteiger partial charge < -0.3 is 21.7 Å². The Morgan fingerprint density at radius 2 is 2.03 bits per heavy atom. The van der Waals surface area contributed by atoms with Crippen LogP contribution in [0.1, 0.15) is 29.8 Å². The highest BCUT2D eigenvalue weighted by Crippen LogP contribution is 2.28. The molecule has 0 spiro atoms. The van der Waals surface area contributed by atoms with E-state index in [2.05, 4.69) is 25.3 Å². The number of nitrogen functional groups attached to an aromatic ring is 1. The SMILES string of the molecule is Cn1ncc(NC(=O)c2nc(-c3ccccc3F)cnc2N)c1N1CCCC(N)CC1. The quantitative estimate of drug-likeness (QED) is 0.585. The molecular weight excluding hydrogens is 399 g/mol. The van der Waals surface area contributed by atoms with Gasteiger partial charge in [0.25, 0.3) is 5.91 Å². The number of anilines is 3. The molecule has 3 aromatic rings. The van der Waals surface area contributed by atoms with Crippen molar-refractivity contribution in [3.8, 4) is 11.3 Å². The van der Waals surface area contributed by atoms with Crippen molar-refractivity contribution < 1.29 is 9.18 Å². The van der Waals surface area contributed by atoms with Gasteiger partial charge in [0.1, 0.15) is 11.5 Å². The zero-order valence-electron chi connectivity index (χ0n) is 17.3. The molecule has 1 aromatic carbocycles. The molecule has 1 atom stereocenters. The lowest BCUT2D eigenvalue weighted by Gasteiger charge is -2.24. The summed E-state index contributed by atoms with van der Waals surface area (Å²) in [4.78, 5) is 23.5. The molecule has 2 aromatic heterocycles. The molecule has 162 valence electrons. The summed E-state index contributed by atoms with van der Waals surface area (Å²) in [5.41, 5.74) is 12.9. The molecule has 0 bridgehead atoms. The van der Waals surface area contributed by atoms with Crippen LogP contribution < -0.4 is 21.7 Å². The molecule has 10 heteroatoms. The van der Waals surface area contributed by atoms with Crippen molar-refractivity contribution in [1.82, 2.24) is 19.7 Å². The molecule has 0 saturated carbocycles. The predicted molar refractivity (Wildman–Crippen MR) is 117 cm³/mol. The number of carbonyl (C=O) groups excluding carboxylic acids is 1. The third kappa shape index (κ3) is 4.33. The highest BCUT2D eigenvalue weighted by atomic mass is 19.1. The van der Waals surface area contributed by atoms with Crippen molar-refractivity contribution in [3.05, 3.63) is 48.2 Å². The second-order valence-electron chi connectivity index (χ2n) is 7.61. The monoisotopic (exact) mass is 424 g/mol. The lowest BCUT2D eigenvalue weighted by atomic mass is 10.1. The van der Waals surface area contributed by atoms with Crippen LogP contribution in [-0.2, 0) is 7.05 Å². The number of hydrogen-bond donors (Lipinski definition) is 3. The fraction of sp³-hybridized carbons (Fsp3) is 0.333. The van der Waals surface area contributed by atoms with E-state index in [-0.39, 0.29) is 28.8 Å². The van der Waals surface area contributed by atoms with Gasteiger partial charge in [0, 0.05) is 31.7 Å². The van der Waals surface area contributed by atoms with Crippen LogP contribution in [0.4, 0.5) is 21.7 Å². The largest absolute Gasteiger partial charge is 0.382 e. The number of nitrogens with two attached hydrogens (primary N) is 2. The van der Waals surface area contributed by atoms with E-state index in [1.807, 2.05) is 7.05 Å². The van der Waals surface area contributed by atoms with Crippen LogP contribution in [0, 0.1) is 5.82 Å². The van der Waals surface area contributed by atoms with Crippen molar-refractivity contribution in [2.24, 2.45) is 12.8 Å². The topological polar surface area (TPSA) is 128 Å². The van der Waals surface area contributed by atoms with E-state index in [1.165, 1.54) is 12.3 Å². The second kappa shape index (κ2) is 8.68. The van der Waals surface area contributed by atoms with E-state index in [0.717, 1.165) is 38.2 Å². The molecule has 1 aliphatic heterocycles. The fourth-order valence-electron chi connectivity index (χ4n) is 3.77. The van der Waals surface area contributed by atoms with Gasteiger partial charge in [-0.25, -0.2) is 14.4 Å². The summed E-state index contributed by atoms with van der Waals surface area (Å²) in [6, 6.07) is 6.33. The zero-order chi connectivity index (χ0) is 22.0. The lowest BCUT2D eigenvalue weighted by molar-refractivity contribution is 0.102. The minimum atomic E-state index is -0.538. The second-order valence-corrected chi connectivity index (χ2v) is 7.61. The number of amides is 1.